The van der Waals surface area contributed by atoms with Crippen LogP contribution in [0.3, 0.4) is 0 Å². The van der Waals surface area contributed by atoms with E-state index in [0.29, 0.717) is 0 Å². The summed E-state index contributed by atoms with van der Waals surface area (Å²) in [4.78, 5) is 25.0. The van der Waals surface area contributed by atoms with E-state index in [4.69, 9.17) is 0 Å². The van der Waals surface area contributed by atoms with Gasteiger partial charge in [0.25, 0.3) is 0 Å². The van der Waals surface area contributed by atoms with Crippen LogP contribution in [-0.2, 0) is 4.79 Å². The minimum absolute atomic E-state index is 0.0347. The maximum atomic E-state index is 12.7. The van der Waals surface area contributed by atoms with E-state index in [-0.39, 0.29) is 23.3 Å². The molecule has 23 heavy (non-hydrogen) atoms. The Morgan fingerprint density at radius 2 is 1.43 bits per heavy atom. The van der Waals surface area contributed by atoms with E-state index in [1.54, 1.807) is 0 Å². The van der Waals surface area contributed by atoms with Gasteiger partial charge in [-0.2, -0.15) is 0 Å². The molecular weight excluding hydrogens is 288 g/mol. The number of Topliss-reactive ketones (excluding diaryl/α,β-unsaturated/α-hetero) is 1. The van der Waals surface area contributed by atoms with Crippen LogP contribution in [0.25, 0.3) is 0 Å². The van der Waals surface area contributed by atoms with Crippen molar-refractivity contribution in [1.82, 2.24) is 10.6 Å². The van der Waals surface area contributed by atoms with E-state index in [1.165, 1.54) is 0 Å². The largest absolute Gasteiger partial charge is 0.332 e. The highest BCUT2D eigenvalue weighted by Gasteiger charge is 2.38. The average Bonchev–Trinajstić information content (AvgIpc) is 2.42. The van der Waals surface area contributed by atoms with Gasteiger partial charge in [-0.3, -0.25) is 4.79 Å². The van der Waals surface area contributed by atoms with Crippen LogP contribution < -0.4 is 10.6 Å². The Kier molecular flexibility index (Phi) is 5.98. The molecule has 0 saturated carbocycles. The maximum Gasteiger partial charge on any atom is 0.315 e. The fourth-order valence-corrected chi connectivity index (χ4v) is 2.30. The lowest BCUT2D eigenvalue weighted by atomic mass is 9.76. The molecule has 1 aromatic carbocycles. The van der Waals surface area contributed by atoms with E-state index in [9.17, 15) is 9.59 Å². The molecule has 0 fully saturated rings. The van der Waals surface area contributed by atoms with Crippen LogP contribution >= 0.6 is 0 Å². The SMILES string of the molecule is CC(NC(=O)NC(C(=O)C(C)(C)C)C(C)(C)C)c1ccccc1. The average molecular weight is 318 g/mol. The van der Waals surface area contributed by atoms with Crippen molar-refractivity contribution < 1.29 is 9.59 Å². The third-order valence-electron chi connectivity index (χ3n) is 3.79. The van der Waals surface area contributed by atoms with Gasteiger partial charge in [0.05, 0.1) is 12.1 Å². The number of urea groups is 1. The second-order valence-electron chi connectivity index (χ2n) is 8.16. The number of hydrogen-bond donors (Lipinski definition) is 2. The molecule has 0 aliphatic rings. The van der Waals surface area contributed by atoms with Crippen molar-refractivity contribution in [2.45, 2.75) is 60.5 Å². The number of hydrogen-bond acceptors (Lipinski definition) is 2. The molecule has 1 aromatic rings. The summed E-state index contributed by atoms with van der Waals surface area (Å²) in [7, 11) is 0. The Morgan fingerprint density at radius 1 is 0.913 bits per heavy atom. The van der Waals surface area contributed by atoms with Crippen LogP contribution in [0.5, 0.6) is 0 Å². The van der Waals surface area contributed by atoms with Crippen molar-refractivity contribution in [3.63, 3.8) is 0 Å². The van der Waals surface area contributed by atoms with Gasteiger partial charge in [-0.25, -0.2) is 4.79 Å². The molecule has 2 atom stereocenters. The van der Waals surface area contributed by atoms with Crippen molar-refractivity contribution in [2.24, 2.45) is 10.8 Å². The summed E-state index contributed by atoms with van der Waals surface area (Å²) < 4.78 is 0. The van der Waals surface area contributed by atoms with Gasteiger partial charge in [-0.15, -0.1) is 0 Å². The van der Waals surface area contributed by atoms with E-state index >= 15 is 0 Å². The molecule has 4 heteroatoms. The van der Waals surface area contributed by atoms with Crippen LogP contribution in [0.4, 0.5) is 4.79 Å². The van der Waals surface area contributed by atoms with Crippen molar-refractivity contribution >= 4 is 11.8 Å². The molecule has 0 heterocycles. The monoisotopic (exact) mass is 318 g/mol. The van der Waals surface area contributed by atoms with E-state index in [2.05, 4.69) is 10.6 Å². The molecule has 0 aromatic heterocycles. The van der Waals surface area contributed by atoms with Gasteiger partial charge in [0.15, 0.2) is 5.78 Å². The summed E-state index contributed by atoms with van der Waals surface area (Å²) in [6.07, 6.45) is 0. The highest BCUT2D eigenvalue weighted by Crippen LogP contribution is 2.27. The topological polar surface area (TPSA) is 58.2 Å². The Hall–Kier alpha value is -1.84. The number of carbonyl (C=O) groups excluding carboxylic acids is 2. The van der Waals surface area contributed by atoms with E-state index in [1.807, 2.05) is 78.8 Å². The van der Waals surface area contributed by atoms with E-state index < -0.39 is 11.5 Å². The standard InChI is InChI=1S/C19H30N2O2/c1-13(14-11-9-8-10-12-14)20-17(23)21-15(18(2,3)4)16(22)19(5,6)7/h8-13,15H,1-7H3,(H2,20,21,23). The second kappa shape index (κ2) is 7.16. The first kappa shape index (κ1) is 19.2. The molecule has 0 radical (unpaired) electrons. The van der Waals surface area contributed by atoms with Gasteiger partial charge in [0, 0.05) is 5.41 Å². The first-order valence-electron chi connectivity index (χ1n) is 8.09. The van der Waals surface area contributed by atoms with Gasteiger partial charge in [-0.05, 0) is 17.9 Å². The van der Waals surface area contributed by atoms with Crippen LogP contribution in [0.2, 0.25) is 0 Å². The smallest absolute Gasteiger partial charge is 0.315 e. The number of amides is 2. The molecular formula is C19H30N2O2. The lowest BCUT2D eigenvalue weighted by molar-refractivity contribution is -0.130. The summed E-state index contributed by atoms with van der Waals surface area (Å²) in [5, 5.41) is 5.77. The summed E-state index contributed by atoms with van der Waals surface area (Å²) in [6.45, 7) is 13.4. The normalized spacial score (nSPS) is 14.7. The predicted molar refractivity (Wildman–Crippen MR) is 94.2 cm³/mol. The molecule has 128 valence electrons. The third kappa shape index (κ3) is 5.70. The minimum Gasteiger partial charge on any atom is -0.332 e. The summed E-state index contributed by atoms with van der Waals surface area (Å²) in [5.74, 6) is 0.0347. The Morgan fingerprint density at radius 3 is 1.87 bits per heavy atom. The zero-order valence-electron chi connectivity index (χ0n) is 15.4. The Labute approximate surface area is 140 Å². The fraction of sp³-hybridized carbons (Fsp3) is 0.579. The van der Waals surface area contributed by atoms with Crippen molar-refractivity contribution in [3.05, 3.63) is 35.9 Å². The van der Waals surface area contributed by atoms with Gasteiger partial charge >= 0.3 is 6.03 Å². The predicted octanol–water partition coefficient (Wildman–Crippen LogP) is 4.08. The van der Waals surface area contributed by atoms with Gasteiger partial charge in [-0.1, -0.05) is 71.9 Å². The fourth-order valence-electron chi connectivity index (χ4n) is 2.30. The van der Waals surface area contributed by atoms with Crippen molar-refractivity contribution in [3.8, 4) is 0 Å². The van der Waals surface area contributed by atoms with Crippen LogP contribution in [-0.4, -0.2) is 17.9 Å². The number of carbonyl (C=O) groups is 2. The summed E-state index contributed by atoms with van der Waals surface area (Å²) >= 11 is 0. The maximum absolute atomic E-state index is 12.7. The first-order chi connectivity index (χ1) is 10.4. The van der Waals surface area contributed by atoms with Crippen LogP contribution in [0, 0.1) is 10.8 Å². The molecule has 0 spiro atoms. The molecule has 1 rings (SSSR count). The lowest BCUT2D eigenvalue weighted by Crippen LogP contribution is -2.55. The number of nitrogens with one attached hydrogen (secondary N) is 2. The quantitative estimate of drug-likeness (QED) is 0.879. The molecule has 2 unspecified atom stereocenters. The van der Waals surface area contributed by atoms with Gasteiger partial charge in [0.2, 0.25) is 0 Å². The molecule has 0 aliphatic carbocycles. The van der Waals surface area contributed by atoms with Crippen molar-refractivity contribution in [1.29, 1.82) is 0 Å². The Balaban J connectivity index is 2.81. The summed E-state index contributed by atoms with van der Waals surface area (Å²) in [5.41, 5.74) is 0.172. The van der Waals surface area contributed by atoms with E-state index in [0.717, 1.165) is 5.56 Å². The van der Waals surface area contributed by atoms with Gasteiger partial charge in [0.1, 0.15) is 0 Å². The highest BCUT2D eigenvalue weighted by atomic mass is 16.2. The molecule has 0 bridgehead atoms. The summed E-state index contributed by atoms with van der Waals surface area (Å²) in [6, 6.07) is 8.76. The number of rotatable bonds is 4. The molecule has 2 N–H and O–H groups in total. The second-order valence-corrected chi connectivity index (χ2v) is 8.16. The van der Waals surface area contributed by atoms with Crippen LogP contribution in [0.15, 0.2) is 30.3 Å². The molecule has 4 nitrogen and oxygen atoms in total. The first-order valence-corrected chi connectivity index (χ1v) is 8.09. The number of ketones is 1. The number of benzene rings is 1. The molecule has 0 saturated heterocycles. The van der Waals surface area contributed by atoms with Crippen LogP contribution in [0.1, 0.15) is 60.1 Å². The highest BCUT2D eigenvalue weighted by molar-refractivity contribution is 5.92. The Bertz CT molecular complexity index is 539. The molecule has 0 aliphatic heterocycles. The minimum atomic E-state index is -0.537. The lowest BCUT2D eigenvalue weighted by Gasteiger charge is -2.35. The van der Waals surface area contributed by atoms with Crippen molar-refractivity contribution in [2.75, 3.05) is 0 Å². The third-order valence-corrected chi connectivity index (χ3v) is 3.79. The zero-order valence-corrected chi connectivity index (χ0v) is 15.4. The molecule has 2 amide bonds. The zero-order chi connectivity index (χ0) is 17.8. The van der Waals surface area contributed by atoms with Gasteiger partial charge < -0.3 is 10.6 Å².